The van der Waals surface area contributed by atoms with Crippen molar-refractivity contribution in [1.82, 2.24) is 0 Å². The molecule has 0 bridgehead atoms. The molecule has 1 amide bonds. The number of halogens is 1. The molecule has 0 aliphatic heterocycles. The molecule has 0 aliphatic carbocycles. The van der Waals surface area contributed by atoms with Gasteiger partial charge in [0.1, 0.15) is 11.6 Å². The quantitative estimate of drug-likeness (QED) is 0.888. The fraction of sp³-hybridized carbons (Fsp3) is 0.133. The molecular formula is C15H15FN2O2S. The van der Waals surface area contributed by atoms with Crippen LogP contribution in [0, 0.1) is 5.82 Å². The normalized spacial score (nSPS) is 11.9. The molecule has 0 saturated carbocycles. The van der Waals surface area contributed by atoms with Gasteiger partial charge in [-0.15, -0.1) is 0 Å². The Kier molecular flexibility index (Phi) is 5.19. The fourth-order valence-electron chi connectivity index (χ4n) is 1.73. The Bertz CT molecular complexity index is 659. The molecule has 2 rings (SSSR count). The summed E-state index contributed by atoms with van der Waals surface area (Å²) in [6.45, 7) is 0.428. The average molecular weight is 306 g/mol. The second kappa shape index (κ2) is 7.10. The molecule has 6 heteroatoms. The number of hydrogen-bond donors (Lipinski definition) is 2. The van der Waals surface area contributed by atoms with E-state index in [1.807, 2.05) is 0 Å². The lowest BCUT2D eigenvalue weighted by molar-refractivity contribution is -0.113. The predicted octanol–water partition coefficient (Wildman–Crippen LogP) is 2.03. The molecule has 0 spiro atoms. The molecule has 0 aliphatic rings. The van der Waals surface area contributed by atoms with Crippen molar-refractivity contribution in [1.29, 1.82) is 0 Å². The van der Waals surface area contributed by atoms with Gasteiger partial charge in [-0.05, 0) is 35.9 Å². The minimum absolute atomic E-state index is 0.220. The molecular weight excluding hydrogens is 291 g/mol. The summed E-state index contributed by atoms with van der Waals surface area (Å²) in [5.74, 6) is -1.08. The lowest BCUT2D eigenvalue weighted by Crippen LogP contribution is -2.19. The third kappa shape index (κ3) is 4.47. The second-order valence-electron chi connectivity index (χ2n) is 4.40. The Hall–Kier alpha value is -2.05. The molecule has 3 N–H and O–H groups in total. The highest BCUT2D eigenvalue weighted by Gasteiger charge is 2.11. The molecule has 21 heavy (non-hydrogen) atoms. The Morgan fingerprint density at radius 1 is 1.19 bits per heavy atom. The molecule has 2 aromatic carbocycles. The number of nitrogens with one attached hydrogen (secondary N) is 1. The highest BCUT2D eigenvalue weighted by Crippen LogP contribution is 2.11. The minimum atomic E-state index is -1.58. The van der Waals surface area contributed by atoms with E-state index in [9.17, 15) is 13.4 Å². The van der Waals surface area contributed by atoms with Crippen LogP contribution in [0.4, 0.5) is 10.1 Å². The standard InChI is InChI=1S/C15H15FN2O2S/c16-12-2-1-3-14(8-12)21(20)10-15(19)18-13-6-4-11(9-17)5-7-13/h1-8H,9-10,17H2,(H,18,19). The van der Waals surface area contributed by atoms with Gasteiger partial charge in [-0.25, -0.2) is 4.39 Å². The number of anilines is 1. The van der Waals surface area contributed by atoms with Crippen molar-refractivity contribution in [2.24, 2.45) is 5.73 Å². The lowest BCUT2D eigenvalue weighted by Gasteiger charge is -2.06. The second-order valence-corrected chi connectivity index (χ2v) is 5.85. The molecule has 0 fully saturated rings. The molecule has 2 aromatic rings. The summed E-state index contributed by atoms with van der Waals surface area (Å²) in [6.07, 6.45) is 0. The zero-order chi connectivity index (χ0) is 15.2. The molecule has 1 atom stereocenters. The number of hydrogen-bond acceptors (Lipinski definition) is 3. The van der Waals surface area contributed by atoms with Crippen molar-refractivity contribution in [2.45, 2.75) is 11.4 Å². The van der Waals surface area contributed by atoms with Crippen molar-refractivity contribution in [2.75, 3.05) is 11.1 Å². The molecule has 0 saturated heterocycles. The summed E-state index contributed by atoms with van der Waals surface area (Å²) in [5, 5.41) is 2.64. The maximum atomic E-state index is 13.0. The maximum absolute atomic E-state index is 13.0. The molecule has 0 heterocycles. The van der Waals surface area contributed by atoms with E-state index in [4.69, 9.17) is 5.73 Å². The molecule has 1 unspecified atom stereocenters. The van der Waals surface area contributed by atoms with Gasteiger partial charge in [-0.1, -0.05) is 18.2 Å². The van der Waals surface area contributed by atoms with E-state index in [1.54, 1.807) is 24.3 Å². The van der Waals surface area contributed by atoms with Gasteiger partial charge < -0.3 is 11.1 Å². The number of carbonyl (C=O) groups excluding carboxylic acids is 1. The van der Waals surface area contributed by atoms with Crippen LogP contribution in [0.3, 0.4) is 0 Å². The van der Waals surface area contributed by atoms with E-state index in [0.717, 1.165) is 5.56 Å². The van der Waals surface area contributed by atoms with Crippen LogP contribution >= 0.6 is 0 Å². The Balaban J connectivity index is 1.96. The first-order valence-electron chi connectivity index (χ1n) is 6.31. The topological polar surface area (TPSA) is 72.2 Å². The summed E-state index contributed by atoms with van der Waals surface area (Å²) in [5.41, 5.74) is 7.05. The summed E-state index contributed by atoms with van der Waals surface area (Å²) in [4.78, 5) is 12.1. The number of benzene rings is 2. The van der Waals surface area contributed by atoms with Crippen LogP contribution in [0.25, 0.3) is 0 Å². The van der Waals surface area contributed by atoms with E-state index in [1.165, 1.54) is 24.3 Å². The number of carbonyl (C=O) groups is 1. The van der Waals surface area contributed by atoms with Crippen molar-refractivity contribution in [3.8, 4) is 0 Å². The van der Waals surface area contributed by atoms with Gasteiger partial charge in [0.25, 0.3) is 0 Å². The molecule has 110 valence electrons. The third-order valence-electron chi connectivity index (χ3n) is 2.79. The summed E-state index contributed by atoms with van der Waals surface area (Å²) < 4.78 is 25.0. The highest BCUT2D eigenvalue weighted by atomic mass is 32.2. The largest absolute Gasteiger partial charge is 0.326 e. The average Bonchev–Trinajstić information content (AvgIpc) is 2.48. The predicted molar refractivity (Wildman–Crippen MR) is 80.6 cm³/mol. The lowest BCUT2D eigenvalue weighted by atomic mass is 10.2. The van der Waals surface area contributed by atoms with Crippen LogP contribution in [0.1, 0.15) is 5.56 Å². The number of nitrogens with two attached hydrogens (primary N) is 1. The Morgan fingerprint density at radius 2 is 1.90 bits per heavy atom. The van der Waals surface area contributed by atoms with Gasteiger partial charge in [-0.2, -0.15) is 0 Å². The smallest absolute Gasteiger partial charge is 0.237 e. The van der Waals surface area contributed by atoms with Crippen LogP contribution < -0.4 is 11.1 Å². The van der Waals surface area contributed by atoms with E-state index in [0.29, 0.717) is 17.1 Å². The third-order valence-corrected chi connectivity index (χ3v) is 4.10. The SMILES string of the molecule is NCc1ccc(NC(=O)CS(=O)c2cccc(F)c2)cc1. The van der Waals surface area contributed by atoms with Crippen molar-refractivity contribution < 1.29 is 13.4 Å². The highest BCUT2D eigenvalue weighted by molar-refractivity contribution is 7.85. The fourth-order valence-corrected chi connectivity index (χ4v) is 2.68. The van der Waals surface area contributed by atoms with E-state index >= 15 is 0 Å². The van der Waals surface area contributed by atoms with Crippen LogP contribution in [-0.2, 0) is 22.1 Å². The summed E-state index contributed by atoms with van der Waals surface area (Å²) in [7, 11) is -1.58. The Labute approximate surface area is 124 Å². The minimum Gasteiger partial charge on any atom is -0.326 e. The number of rotatable bonds is 5. The van der Waals surface area contributed by atoms with Gasteiger partial charge >= 0.3 is 0 Å². The number of amides is 1. The van der Waals surface area contributed by atoms with Gasteiger partial charge in [0.2, 0.25) is 5.91 Å². The zero-order valence-corrected chi connectivity index (χ0v) is 12.0. The first-order valence-corrected chi connectivity index (χ1v) is 7.63. The van der Waals surface area contributed by atoms with Crippen LogP contribution in [0.5, 0.6) is 0 Å². The van der Waals surface area contributed by atoms with Crippen molar-refractivity contribution in [3.63, 3.8) is 0 Å². The Morgan fingerprint density at radius 3 is 2.52 bits per heavy atom. The van der Waals surface area contributed by atoms with Gasteiger partial charge in [0, 0.05) is 17.1 Å². The van der Waals surface area contributed by atoms with E-state index in [2.05, 4.69) is 5.32 Å². The van der Waals surface area contributed by atoms with E-state index < -0.39 is 22.5 Å². The van der Waals surface area contributed by atoms with Crippen molar-refractivity contribution >= 4 is 22.4 Å². The molecule has 0 aromatic heterocycles. The van der Waals surface area contributed by atoms with Crippen LogP contribution in [0.15, 0.2) is 53.4 Å². The molecule has 0 radical (unpaired) electrons. The first kappa shape index (κ1) is 15.3. The monoisotopic (exact) mass is 306 g/mol. The summed E-state index contributed by atoms with van der Waals surface area (Å²) >= 11 is 0. The molecule has 4 nitrogen and oxygen atoms in total. The van der Waals surface area contributed by atoms with Crippen LogP contribution in [0.2, 0.25) is 0 Å². The van der Waals surface area contributed by atoms with E-state index in [-0.39, 0.29) is 5.75 Å². The zero-order valence-electron chi connectivity index (χ0n) is 11.2. The van der Waals surface area contributed by atoms with Crippen molar-refractivity contribution in [3.05, 3.63) is 59.9 Å². The summed E-state index contributed by atoms with van der Waals surface area (Å²) in [6, 6.07) is 12.5. The maximum Gasteiger partial charge on any atom is 0.237 e. The van der Waals surface area contributed by atoms with Gasteiger partial charge in [0.15, 0.2) is 0 Å². The van der Waals surface area contributed by atoms with Crippen LogP contribution in [-0.4, -0.2) is 15.9 Å². The van der Waals surface area contributed by atoms with Gasteiger partial charge in [0.05, 0.1) is 10.8 Å². The van der Waals surface area contributed by atoms with Gasteiger partial charge in [-0.3, -0.25) is 9.00 Å². The first-order chi connectivity index (χ1) is 10.1.